The summed E-state index contributed by atoms with van der Waals surface area (Å²) in [6.45, 7) is 1.91. The number of carboxylic acids is 1. The Hall–Kier alpha value is -1.87. The van der Waals surface area contributed by atoms with Gasteiger partial charge in [0.25, 0.3) is 0 Å². The second-order valence-electron chi connectivity index (χ2n) is 3.69. The quantitative estimate of drug-likeness (QED) is 0.885. The molecule has 1 aromatic heterocycles. The van der Waals surface area contributed by atoms with Crippen molar-refractivity contribution >= 4 is 17.6 Å². The van der Waals surface area contributed by atoms with E-state index in [0.717, 1.165) is 11.1 Å². The molecule has 0 aliphatic carbocycles. The molecular formula is C13H10ClNO2. The van der Waals surface area contributed by atoms with Crippen LogP contribution in [0.4, 0.5) is 0 Å². The molecule has 2 aromatic rings. The monoisotopic (exact) mass is 247 g/mol. The number of rotatable bonds is 2. The Balaban J connectivity index is 2.63. The predicted molar refractivity (Wildman–Crippen MR) is 66.4 cm³/mol. The van der Waals surface area contributed by atoms with Crippen LogP contribution in [0.25, 0.3) is 11.1 Å². The maximum atomic E-state index is 10.9. The molecule has 1 heterocycles. The number of benzene rings is 1. The first-order chi connectivity index (χ1) is 8.09. The standard InChI is InChI=1S/C13H10ClNO2/c1-8-7-15-5-4-10(8)11-6-9(13(16)17)2-3-12(11)14/h2-7H,1H3,(H,16,17). The van der Waals surface area contributed by atoms with Crippen LogP contribution in [0.2, 0.25) is 5.02 Å². The zero-order chi connectivity index (χ0) is 12.4. The summed E-state index contributed by atoms with van der Waals surface area (Å²) in [6.07, 6.45) is 3.38. The number of hydrogen-bond donors (Lipinski definition) is 1. The van der Waals surface area contributed by atoms with Crippen LogP contribution in [0.1, 0.15) is 15.9 Å². The third-order valence-electron chi connectivity index (χ3n) is 2.52. The molecule has 0 aliphatic heterocycles. The van der Waals surface area contributed by atoms with Crippen LogP contribution in [0, 0.1) is 6.92 Å². The fourth-order valence-corrected chi connectivity index (χ4v) is 1.86. The van der Waals surface area contributed by atoms with E-state index in [1.807, 2.05) is 13.0 Å². The topological polar surface area (TPSA) is 50.2 Å². The third kappa shape index (κ3) is 2.29. The molecule has 0 bridgehead atoms. The summed E-state index contributed by atoms with van der Waals surface area (Å²) in [5.41, 5.74) is 2.79. The number of halogens is 1. The number of carbonyl (C=O) groups is 1. The highest BCUT2D eigenvalue weighted by Gasteiger charge is 2.10. The molecule has 2 rings (SSSR count). The molecular weight excluding hydrogens is 238 g/mol. The first-order valence-corrected chi connectivity index (χ1v) is 5.41. The fourth-order valence-electron chi connectivity index (χ4n) is 1.64. The molecule has 0 saturated heterocycles. The highest BCUT2D eigenvalue weighted by atomic mass is 35.5. The first-order valence-electron chi connectivity index (χ1n) is 5.03. The molecule has 0 fully saturated rings. The first kappa shape index (κ1) is 11.6. The predicted octanol–water partition coefficient (Wildman–Crippen LogP) is 3.41. The van der Waals surface area contributed by atoms with Crippen molar-refractivity contribution in [2.45, 2.75) is 6.92 Å². The fraction of sp³-hybridized carbons (Fsp3) is 0.0769. The van der Waals surface area contributed by atoms with Gasteiger partial charge >= 0.3 is 5.97 Å². The van der Waals surface area contributed by atoms with Crippen molar-refractivity contribution in [1.29, 1.82) is 0 Å². The summed E-state index contributed by atoms with van der Waals surface area (Å²) >= 11 is 6.09. The second kappa shape index (κ2) is 4.55. The van der Waals surface area contributed by atoms with E-state index in [-0.39, 0.29) is 5.56 Å². The van der Waals surface area contributed by atoms with Crippen molar-refractivity contribution < 1.29 is 9.90 Å². The summed E-state index contributed by atoms with van der Waals surface area (Å²) in [6, 6.07) is 6.49. The van der Waals surface area contributed by atoms with Gasteiger partial charge < -0.3 is 5.11 Å². The van der Waals surface area contributed by atoms with Gasteiger partial charge in [0.2, 0.25) is 0 Å². The lowest BCUT2D eigenvalue weighted by molar-refractivity contribution is 0.0697. The lowest BCUT2D eigenvalue weighted by Crippen LogP contribution is -1.97. The van der Waals surface area contributed by atoms with Crippen LogP contribution in [0.3, 0.4) is 0 Å². The number of aryl methyl sites for hydroxylation is 1. The van der Waals surface area contributed by atoms with E-state index in [1.165, 1.54) is 6.07 Å². The molecule has 0 saturated carbocycles. The maximum absolute atomic E-state index is 10.9. The Labute approximate surface area is 104 Å². The molecule has 3 nitrogen and oxygen atoms in total. The molecule has 0 spiro atoms. The SMILES string of the molecule is Cc1cnccc1-c1cc(C(=O)O)ccc1Cl. The average molecular weight is 248 g/mol. The van der Waals surface area contributed by atoms with E-state index in [4.69, 9.17) is 16.7 Å². The average Bonchev–Trinajstić information content (AvgIpc) is 2.30. The van der Waals surface area contributed by atoms with Gasteiger partial charge in [0, 0.05) is 23.0 Å². The summed E-state index contributed by atoms with van der Waals surface area (Å²) in [4.78, 5) is 14.9. The molecule has 1 aromatic carbocycles. The number of pyridine rings is 1. The van der Waals surface area contributed by atoms with Gasteiger partial charge in [-0.25, -0.2) is 4.79 Å². The van der Waals surface area contributed by atoms with Gasteiger partial charge in [-0.05, 0) is 42.3 Å². The molecule has 0 amide bonds. The largest absolute Gasteiger partial charge is 0.478 e. The van der Waals surface area contributed by atoms with Crippen molar-refractivity contribution in [3.63, 3.8) is 0 Å². The molecule has 0 unspecified atom stereocenters. The van der Waals surface area contributed by atoms with Gasteiger partial charge in [0.05, 0.1) is 5.56 Å². The normalized spacial score (nSPS) is 10.2. The molecule has 0 radical (unpaired) electrons. The molecule has 17 heavy (non-hydrogen) atoms. The molecule has 86 valence electrons. The Kier molecular flexibility index (Phi) is 3.11. The van der Waals surface area contributed by atoms with Crippen LogP contribution in [0.5, 0.6) is 0 Å². The van der Waals surface area contributed by atoms with Crippen LogP contribution < -0.4 is 0 Å². The summed E-state index contributed by atoms with van der Waals surface area (Å²) in [7, 11) is 0. The van der Waals surface area contributed by atoms with E-state index in [0.29, 0.717) is 10.6 Å². The summed E-state index contributed by atoms with van der Waals surface area (Å²) in [5, 5.41) is 9.49. The number of hydrogen-bond acceptors (Lipinski definition) is 2. The van der Waals surface area contributed by atoms with Crippen molar-refractivity contribution in [3.05, 3.63) is 52.8 Å². The number of aromatic nitrogens is 1. The van der Waals surface area contributed by atoms with E-state index < -0.39 is 5.97 Å². The molecule has 0 aliphatic rings. The second-order valence-corrected chi connectivity index (χ2v) is 4.10. The maximum Gasteiger partial charge on any atom is 0.335 e. The minimum absolute atomic E-state index is 0.223. The van der Waals surface area contributed by atoms with Crippen LogP contribution in [0.15, 0.2) is 36.7 Å². The van der Waals surface area contributed by atoms with E-state index in [9.17, 15) is 4.79 Å². The van der Waals surface area contributed by atoms with E-state index >= 15 is 0 Å². The Bertz CT molecular complexity index is 581. The number of carboxylic acid groups (broad SMARTS) is 1. The summed E-state index contributed by atoms with van der Waals surface area (Å²) in [5.74, 6) is -0.963. The van der Waals surface area contributed by atoms with Gasteiger partial charge in [0.15, 0.2) is 0 Å². The Morgan fingerprint density at radius 1 is 1.29 bits per heavy atom. The number of nitrogens with zero attached hydrogens (tertiary/aromatic N) is 1. The van der Waals surface area contributed by atoms with Crippen LogP contribution in [-0.4, -0.2) is 16.1 Å². The zero-order valence-electron chi connectivity index (χ0n) is 9.14. The Morgan fingerprint density at radius 2 is 2.06 bits per heavy atom. The lowest BCUT2D eigenvalue weighted by Gasteiger charge is -2.08. The van der Waals surface area contributed by atoms with Crippen molar-refractivity contribution in [3.8, 4) is 11.1 Å². The minimum Gasteiger partial charge on any atom is -0.478 e. The van der Waals surface area contributed by atoms with Crippen molar-refractivity contribution in [2.75, 3.05) is 0 Å². The van der Waals surface area contributed by atoms with E-state index in [2.05, 4.69) is 4.98 Å². The molecule has 1 N–H and O–H groups in total. The summed E-state index contributed by atoms with van der Waals surface area (Å²) < 4.78 is 0. The smallest absolute Gasteiger partial charge is 0.335 e. The zero-order valence-corrected chi connectivity index (χ0v) is 9.90. The third-order valence-corrected chi connectivity index (χ3v) is 2.85. The van der Waals surface area contributed by atoms with Crippen molar-refractivity contribution in [1.82, 2.24) is 4.98 Å². The van der Waals surface area contributed by atoms with Gasteiger partial charge in [-0.1, -0.05) is 11.6 Å². The van der Waals surface area contributed by atoms with Crippen LogP contribution >= 0.6 is 11.6 Å². The van der Waals surface area contributed by atoms with Crippen molar-refractivity contribution in [2.24, 2.45) is 0 Å². The highest BCUT2D eigenvalue weighted by Crippen LogP contribution is 2.30. The lowest BCUT2D eigenvalue weighted by atomic mass is 10.0. The van der Waals surface area contributed by atoms with Gasteiger partial charge in [0.1, 0.15) is 0 Å². The van der Waals surface area contributed by atoms with Crippen LogP contribution in [-0.2, 0) is 0 Å². The van der Waals surface area contributed by atoms with Gasteiger partial charge in [-0.2, -0.15) is 0 Å². The highest BCUT2D eigenvalue weighted by molar-refractivity contribution is 6.33. The van der Waals surface area contributed by atoms with Gasteiger partial charge in [-0.15, -0.1) is 0 Å². The molecule has 0 atom stereocenters. The minimum atomic E-state index is -0.963. The Morgan fingerprint density at radius 3 is 2.71 bits per heavy atom. The van der Waals surface area contributed by atoms with E-state index in [1.54, 1.807) is 24.5 Å². The van der Waals surface area contributed by atoms with Gasteiger partial charge in [-0.3, -0.25) is 4.98 Å². The molecule has 4 heteroatoms. The number of aromatic carboxylic acids is 1.